The third-order valence-corrected chi connectivity index (χ3v) is 4.54. The minimum atomic E-state index is -0.804. The maximum atomic E-state index is 14.4. The fraction of sp³-hybridized carbons (Fsp3) is 0.471. The summed E-state index contributed by atoms with van der Waals surface area (Å²) in [6.07, 6.45) is 2.70. The van der Waals surface area contributed by atoms with Gasteiger partial charge in [0.25, 0.3) is 5.69 Å². The summed E-state index contributed by atoms with van der Waals surface area (Å²) in [7, 11) is 0. The summed E-state index contributed by atoms with van der Waals surface area (Å²) in [6, 6.07) is 2.55. The molecule has 0 heterocycles. The van der Waals surface area contributed by atoms with Crippen LogP contribution in [0.2, 0.25) is 0 Å². The largest absolute Gasteiger partial charge is 0.466 e. The second-order valence-corrected chi connectivity index (χ2v) is 5.94. The van der Waals surface area contributed by atoms with Crippen LogP contribution in [0.15, 0.2) is 18.7 Å². The Morgan fingerprint density at radius 1 is 1.38 bits per heavy atom. The van der Waals surface area contributed by atoms with E-state index in [2.05, 4.69) is 6.58 Å². The summed E-state index contributed by atoms with van der Waals surface area (Å²) in [4.78, 5) is 21.8. The van der Waals surface area contributed by atoms with Crippen molar-refractivity contribution in [3.63, 3.8) is 0 Å². The van der Waals surface area contributed by atoms with E-state index in [1.165, 1.54) is 12.1 Å². The lowest BCUT2D eigenvalue weighted by Gasteiger charge is -2.28. The molecule has 0 radical (unpaired) electrons. The smallest absolute Gasteiger partial charge is 0.308 e. The van der Waals surface area contributed by atoms with Gasteiger partial charge in [-0.1, -0.05) is 6.58 Å². The number of nitro benzene ring substituents is 1. The topological polar surface area (TPSA) is 95.5 Å². The predicted molar refractivity (Wildman–Crippen MR) is 88.6 cm³/mol. The standard InChI is InChI=1S/C17H21FN2O4/c1-3-24-17(21)12-6-4-11(5-7-12)10(2)13-8-9-14(20(22)23)16(19)15(13)18/h8-9,11-12H,2-7,19H2,1H3. The molecule has 0 bridgehead atoms. The molecule has 0 unspecified atom stereocenters. The number of nitrogens with two attached hydrogens (primary N) is 1. The van der Waals surface area contributed by atoms with Crippen molar-refractivity contribution in [3.8, 4) is 0 Å². The summed E-state index contributed by atoms with van der Waals surface area (Å²) >= 11 is 0. The fourth-order valence-corrected chi connectivity index (χ4v) is 3.15. The first-order valence-electron chi connectivity index (χ1n) is 7.95. The Kier molecular flexibility index (Phi) is 5.54. The average Bonchev–Trinajstić information content (AvgIpc) is 2.56. The van der Waals surface area contributed by atoms with Crippen LogP contribution in [0.5, 0.6) is 0 Å². The van der Waals surface area contributed by atoms with E-state index < -0.39 is 22.1 Å². The van der Waals surface area contributed by atoms with Crippen LogP contribution in [-0.4, -0.2) is 17.5 Å². The molecule has 0 spiro atoms. The van der Waals surface area contributed by atoms with Crippen molar-refractivity contribution in [2.24, 2.45) is 11.8 Å². The van der Waals surface area contributed by atoms with Gasteiger partial charge in [0, 0.05) is 11.6 Å². The zero-order valence-corrected chi connectivity index (χ0v) is 13.6. The van der Waals surface area contributed by atoms with Crippen LogP contribution >= 0.6 is 0 Å². The van der Waals surface area contributed by atoms with Crippen molar-refractivity contribution in [3.05, 3.63) is 40.2 Å². The van der Waals surface area contributed by atoms with Crippen molar-refractivity contribution in [1.82, 2.24) is 0 Å². The molecule has 0 aromatic heterocycles. The number of nitro groups is 1. The number of carbonyl (C=O) groups excluding carboxylic acids is 1. The van der Waals surface area contributed by atoms with Crippen molar-refractivity contribution in [2.45, 2.75) is 32.6 Å². The first kappa shape index (κ1) is 17.9. The quantitative estimate of drug-likeness (QED) is 0.383. The van der Waals surface area contributed by atoms with Crippen LogP contribution in [0.1, 0.15) is 38.2 Å². The molecule has 1 aromatic carbocycles. The number of rotatable bonds is 5. The number of ether oxygens (including phenoxy) is 1. The molecule has 1 aliphatic rings. The number of halogens is 1. The predicted octanol–water partition coefficient (Wildman–Crippen LogP) is 3.70. The van der Waals surface area contributed by atoms with Crippen molar-refractivity contribution >= 4 is 22.9 Å². The van der Waals surface area contributed by atoms with E-state index in [4.69, 9.17) is 10.5 Å². The lowest BCUT2D eigenvalue weighted by molar-refractivity contribution is -0.384. The molecular formula is C17H21FN2O4. The molecule has 0 saturated heterocycles. The number of anilines is 1. The average molecular weight is 336 g/mol. The van der Waals surface area contributed by atoms with Gasteiger partial charge in [-0.3, -0.25) is 14.9 Å². The van der Waals surface area contributed by atoms with Gasteiger partial charge >= 0.3 is 5.97 Å². The van der Waals surface area contributed by atoms with Gasteiger partial charge in [0.2, 0.25) is 0 Å². The summed E-state index contributed by atoms with van der Waals surface area (Å²) in [6.45, 7) is 6.08. The van der Waals surface area contributed by atoms with Crippen LogP contribution in [0.3, 0.4) is 0 Å². The number of hydrogen-bond acceptors (Lipinski definition) is 5. The van der Waals surface area contributed by atoms with E-state index in [0.717, 1.165) is 0 Å². The fourth-order valence-electron chi connectivity index (χ4n) is 3.15. The number of esters is 1. The molecular weight excluding hydrogens is 315 g/mol. The molecule has 24 heavy (non-hydrogen) atoms. The van der Waals surface area contributed by atoms with E-state index in [1.807, 2.05) is 0 Å². The Balaban J connectivity index is 2.10. The van der Waals surface area contributed by atoms with Crippen LogP contribution < -0.4 is 5.73 Å². The molecule has 7 heteroatoms. The zero-order chi connectivity index (χ0) is 17.9. The van der Waals surface area contributed by atoms with Gasteiger partial charge in [-0.2, -0.15) is 0 Å². The molecule has 1 saturated carbocycles. The van der Waals surface area contributed by atoms with Gasteiger partial charge in [0.05, 0.1) is 17.4 Å². The van der Waals surface area contributed by atoms with Gasteiger partial charge < -0.3 is 10.5 Å². The van der Waals surface area contributed by atoms with Crippen LogP contribution in [0, 0.1) is 27.8 Å². The van der Waals surface area contributed by atoms with Gasteiger partial charge in [0.15, 0.2) is 5.82 Å². The minimum absolute atomic E-state index is 0.0195. The molecule has 1 fully saturated rings. The van der Waals surface area contributed by atoms with Crippen LogP contribution in [-0.2, 0) is 9.53 Å². The Labute approximate surface area is 139 Å². The Hall–Kier alpha value is -2.44. The first-order valence-corrected chi connectivity index (χ1v) is 7.95. The number of hydrogen-bond donors (Lipinski definition) is 1. The van der Waals surface area contributed by atoms with E-state index in [-0.39, 0.29) is 23.4 Å². The third-order valence-electron chi connectivity index (χ3n) is 4.54. The summed E-state index contributed by atoms with van der Waals surface area (Å²) in [5.41, 5.74) is 5.38. The van der Waals surface area contributed by atoms with Gasteiger partial charge in [-0.25, -0.2) is 4.39 Å². The van der Waals surface area contributed by atoms with Crippen molar-refractivity contribution < 1.29 is 18.8 Å². The van der Waals surface area contributed by atoms with Gasteiger partial charge in [0.1, 0.15) is 5.69 Å². The zero-order valence-electron chi connectivity index (χ0n) is 13.6. The monoisotopic (exact) mass is 336 g/mol. The second kappa shape index (κ2) is 7.42. The lowest BCUT2D eigenvalue weighted by atomic mass is 9.77. The van der Waals surface area contributed by atoms with Crippen molar-refractivity contribution in [1.29, 1.82) is 0 Å². The SMILES string of the molecule is C=C(c1ccc([N+](=O)[O-])c(N)c1F)C1CCC(C(=O)OCC)CC1. The van der Waals surface area contributed by atoms with Crippen LogP contribution in [0.4, 0.5) is 15.8 Å². The molecule has 0 amide bonds. The number of nitrogens with zero attached hydrogens (tertiary/aromatic N) is 1. The van der Waals surface area contributed by atoms with Crippen LogP contribution in [0.25, 0.3) is 5.57 Å². The maximum absolute atomic E-state index is 14.4. The van der Waals surface area contributed by atoms with Crippen molar-refractivity contribution in [2.75, 3.05) is 12.3 Å². The highest BCUT2D eigenvalue weighted by atomic mass is 19.1. The molecule has 0 aliphatic heterocycles. The number of nitrogen functional groups attached to an aromatic ring is 1. The lowest BCUT2D eigenvalue weighted by Crippen LogP contribution is -2.24. The molecule has 6 nitrogen and oxygen atoms in total. The number of benzene rings is 1. The molecule has 2 rings (SSSR count). The van der Waals surface area contributed by atoms with E-state index in [1.54, 1.807) is 6.92 Å². The summed E-state index contributed by atoms with van der Waals surface area (Å²) in [5, 5.41) is 10.8. The third kappa shape index (κ3) is 3.55. The number of allylic oxidation sites excluding steroid dienone is 1. The highest BCUT2D eigenvalue weighted by Gasteiger charge is 2.30. The molecule has 130 valence electrons. The maximum Gasteiger partial charge on any atom is 0.308 e. The normalized spacial score (nSPS) is 20.4. The highest BCUT2D eigenvalue weighted by molar-refractivity contribution is 5.75. The number of carbonyl (C=O) groups is 1. The second-order valence-electron chi connectivity index (χ2n) is 5.94. The Bertz CT molecular complexity index is 667. The van der Waals surface area contributed by atoms with Gasteiger partial charge in [-0.05, 0) is 50.2 Å². The highest BCUT2D eigenvalue weighted by Crippen LogP contribution is 2.39. The van der Waals surface area contributed by atoms with Gasteiger partial charge in [-0.15, -0.1) is 0 Å². The molecule has 1 aromatic rings. The summed E-state index contributed by atoms with van der Waals surface area (Å²) in [5.74, 6) is -1.10. The molecule has 1 aliphatic carbocycles. The van der Waals surface area contributed by atoms with E-state index in [9.17, 15) is 19.3 Å². The Morgan fingerprint density at radius 3 is 2.50 bits per heavy atom. The van der Waals surface area contributed by atoms with E-state index >= 15 is 0 Å². The summed E-state index contributed by atoms with van der Waals surface area (Å²) < 4.78 is 19.4. The van der Waals surface area contributed by atoms with E-state index in [0.29, 0.717) is 37.9 Å². The Morgan fingerprint density at radius 2 is 1.96 bits per heavy atom. The molecule has 0 atom stereocenters. The molecule has 2 N–H and O–H groups in total. The first-order chi connectivity index (χ1) is 11.4. The minimum Gasteiger partial charge on any atom is -0.466 e.